The lowest BCUT2D eigenvalue weighted by atomic mass is 10.1. The van der Waals surface area contributed by atoms with Crippen LogP contribution in [-0.4, -0.2) is 29.3 Å². The molecule has 4 aromatic rings. The Morgan fingerprint density at radius 3 is 2.56 bits per heavy atom. The van der Waals surface area contributed by atoms with Gasteiger partial charge in [-0.1, -0.05) is 12.1 Å². The van der Waals surface area contributed by atoms with Crippen LogP contribution in [0.5, 0.6) is 0 Å². The van der Waals surface area contributed by atoms with Crippen LogP contribution in [0.3, 0.4) is 0 Å². The Hall–Kier alpha value is -4.79. The van der Waals surface area contributed by atoms with Crippen molar-refractivity contribution in [3.05, 3.63) is 96.3 Å². The van der Waals surface area contributed by atoms with Crippen LogP contribution in [0.2, 0.25) is 0 Å². The average Bonchev–Trinajstić information content (AvgIpc) is 3.36. The third-order valence-electron chi connectivity index (χ3n) is 5.68. The molecule has 2 heterocycles. The smallest absolute Gasteiger partial charge is 0.258 e. The molecule has 0 radical (unpaired) electrons. The molecular weight excluding hydrogens is 463 g/mol. The number of oxazole rings is 1. The van der Waals surface area contributed by atoms with Gasteiger partial charge in [0.15, 0.2) is 11.7 Å². The zero-order chi connectivity index (χ0) is 25.1. The number of anilines is 3. The number of aromatic nitrogens is 1. The molecule has 0 atom stereocenters. The average molecular weight is 484 g/mol. The molecule has 5 rings (SSSR count). The van der Waals surface area contributed by atoms with Gasteiger partial charge in [-0.2, -0.15) is 0 Å². The third kappa shape index (κ3) is 5.00. The van der Waals surface area contributed by atoms with Crippen molar-refractivity contribution in [2.24, 2.45) is 0 Å². The van der Waals surface area contributed by atoms with Gasteiger partial charge in [-0.3, -0.25) is 19.3 Å². The van der Waals surface area contributed by atoms with Gasteiger partial charge in [-0.25, -0.2) is 9.37 Å². The Labute approximate surface area is 205 Å². The molecule has 8 nitrogen and oxygen atoms in total. The summed E-state index contributed by atoms with van der Waals surface area (Å²) in [5.41, 5.74) is 2.84. The largest absolute Gasteiger partial charge is 0.441 e. The summed E-state index contributed by atoms with van der Waals surface area (Å²) in [7, 11) is 0. The van der Waals surface area contributed by atoms with E-state index < -0.39 is 0 Å². The van der Waals surface area contributed by atoms with Crippen molar-refractivity contribution in [2.45, 2.75) is 12.8 Å². The van der Waals surface area contributed by atoms with Crippen molar-refractivity contribution in [1.82, 2.24) is 4.98 Å². The maximum absolute atomic E-state index is 13.1. The second-order valence-electron chi connectivity index (χ2n) is 8.21. The minimum Gasteiger partial charge on any atom is -0.441 e. The molecule has 180 valence electrons. The first-order valence-electron chi connectivity index (χ1n) is 11.3. The van der Waals surface area contributed by atoms with Crippen LogP contribution in [0.15, 0.2) is 83.4 Å². The van der Waals surface area contributed by atoms with Crippen molar-refractivity contribution in [2.75, 3.05) is 22.1 Å². The number of aryl methyl sites for hydroxylation is 1. The lowest BCUT2D eigenvalue weighted by Gasteiger charge is -2.29. The van der Waals surface area contributed by atoms with Crippen molar-refractivity contribution >= 4 is 34.8 Å². The van der Waals surface area contributed by atoms with Crippen LogP contribution < -0.4 is 15.5 Å². The first kappa shape index (κ1) is 23.0. The van der Waals surface area contributed by atoms with Crippen molar-refractivity contribution in [3.8, 4) is 11.3 Å². The van der Waals surface area contributed by atoms with E-state index in [1.54, 1.807) is 66.9 Å². The Bertz CT molecular complexity index is 1430. The van der Waals surface area contributed by atoms with Gasteiger partial charge >= 0.3 is 0 Å². The number of hydrogen-bond acceptors (Lipinski definition) is 5. The molecule has 2 N–H and O–H groups in total. The minimum absolute atomic E-state index is 0.0714. The predicted octanol–water partition coefficient (Wildman–Crippen LogP) is 4.65. The van der Waals surface area contributed by atoms with Gasteiger partial charge < -0.3 is 15.1 Å². The highest BCUT2D eigenvalue weighted by molar-refractivity contribution is 6.15. The SMILES string of the molecule is O=C(CCc1ncc(-c2ccc(F)cc2)o1)Nc1ccc(C(=O)N2CC(=O)Nc3ccccc32)cc1. The lowest BCUT2D eigenvalue weighted by molar-refractivity contribution is -0.116. The number of halogens is 1. The molecule has 0 fully saturated rings. The van der Waals surface area contributed by atoms with Crippen LogP contribution >= 0.6 is 0 Å². The van der Waals surface area contributed by atoms with Crippen LogP contribution in [0.1, 0.15) is 22.7 Å². The molecule has 0 bridgehead atoms. The Kier molecular flexibility index (Phi) is 6.27. The highest BCUT2D eigenvalue weighted by Crippen LogP contribution is 2.30. The zero-order valence-electron chi connectivity index (χ0n) is 19.0. The highest BCUT2D eigenvalue weighted by Gasteiger charge is 2.27. The van der Waals surface area contributed by atoms with Gasteiger partial charge in [0.05, 0.1) is 17.6 Å². The second kappa shape index (κ2) is 9.83. The monoisotopic (exact) mass is 484 g/mol. The first-order valence-corrected chi connectivity index (χ1v) is 11.3. The fourth-order valence-corrected chi connectivity index (χ4v) is 3.88. The van der Waals surface area contributed by atoms with Gasteiger partial charge in [0, 0.05) is 29.7 Å². The van der Waals surface area contributed by atoms with Gasteiger partial charge in [-0.05, 0) is 60.7 Å². The number of benzene rings is 3. The van der Waals surface area contributed by atoms with Gasteiger partial charge in [0.2, 0.25) is 11.8 Å². The van der Waals surface area contributed by atoms with Crippen LogP contribution in [0.25, 0.3) is 11.3 Å². The Balaban J connectivity index is 1.18. The molecule has 1 aliphatic heterocycles. The summed E-state index contributed by atoms with van der Waals surface area (Å²) in [5.74, 6) is -0.248. The quantitative estimate of drug-likeness (QED) is 0.415. The van der Waals surface area contributed by atoms with Crippen LogP contribution in [-0.2, 0) is 16.0 Å². The molecule has 0 saturated carbocycles. The van der Waals surface area contributed by atoms with E-state index >= 15 is 0 Å². The first-order chi connectivity index (χ1) is 17.5. The molecular formula is C27H21FN4O4. The van der Waals surface area contributed by atoms with E-state index in [0.29, 0.717) is 46.3 Å². The zero-order valence-corrected chi connectivity index (χ0v) is 19.0. The molecule has 0 spiro atoms. The Morgan fingerprint density at radius 1 is 1.03 bits per heavy atom. The normalized spacial score (nSPS) is 12.6. The van der Waals surface area contributed by atoms with E-state index in [1.807, 2.05) is 0 Å². The molecule has 3 amide bonds. The fraction of sp³-hybridized carbons (Fsp3) is 0.111. The maximum atomic E-state index is 13.1. The summed E-state index contributed by atoms with van der Waals surface area (Å²) in [6.07, 6.45) is 1.98. The molecule has 0 saturated heterocycles. The summed E-state index contributed by atoms with van der Waals surface area (Å²) in [6, 6.07) is 19.5. The van der Waals surface area contributed by atoms with E-state index in [4.69, 9.17) is 4.42 Å². The van der Waals surface area contributed by atoms with Gasteiger partial charge in [-0.15, -0.1) is 0 Å². The summed E-state index contributed by atoms with van der Waals surface area (Å²) in [6.45, 7) is -0.0714. The number of nitrogens with zero attached hydrogens (tertiary/aromatic N) is 2. The summed E-state index contributed by atoms with van der Waals surface area (Å²) < 4.78 is 18.7. The van der Waals surface area contributed by atoms with Crippen LogP contribution in [0, 0.1) is 5.82 Å². The summed E-state index contributed by atoms with van der Waals surface area (Å²) in [5, 5.41) is 5.54. The summed E-state index contributed by atoms with van der Waals surface area (Å²) >= 11 is 0. The summed E-state index contributed by atoms with van der Waals surface area (Å²) in [4.78, 5) is 43.1. The number of nitrogens with one attached hydrogen (secondary N) is 2. The topological polar surface area (TPSA) is 105 Å². The lowest BCUT2D eigenvalue weighted by Crippen LogP contribution is -2.42. The van der Waals surface area contributed by atoms with E-state index in [9.17, 15) is 18.8 Å². The van der Waals surface area contributed by atoms with E-state index in [2.05, 4.69) is 15.6 Å². The van der Waals surface area contributed by atoms with Crippen molar-refractivity contribution < 1.29 is 23.2 Å². The third-order valence-corrected chi connectivity index (χ3v) is 5.68. The number of para-hydroxylation sites is 2. The van der Waals surface area contributed by atoms with Gasteiger partial charge in [0.1, 0.15) is 12.4 Å². The molecule has 36 heavy (non-hydrogen) atoms. The van der Waals surface area contributed by atoms with Crippen molar-refractivity contribution in [1.29, 1.82) is 0 Å². The van der Waals surface area contributed by atoms with Crippen LogP contribution in [0.4, 0.5) is 21.5 Å². The molecule has 0 unspecified atom stereocenters. The number of fused-ring (bicyclic) bond motifs is 1. The number of amides is 3. The van der Waals surface area contributed by atoms with E-state index in [-0.39, 0.29) is 36.5 Å². The minimum atomic E-state index is -0.336. The molecule has 1 aromatic heterocycles. The maximum Gasteiger partial charge on any atom is 0.258 e. The molecule has 0 aliphatic carbocycles. The van der Waals surface area contributed by atoms with E-state index in [0.717, 1.165) is 0 Å². The number of hydrogen-bond donors (Lipinski definition) is 2. The number of carbonyl (C=O) groups excluding carboxylic acids is 3. The second-order valence-corrected chi connectivity index (χ2v) is 8.21. The standard InChI is InChI=1S/C27H21FN4O4/c28-19-9-5-17(6-10-19)23-15-29-26(36-23)14-13-24(33)30-20-11-7-18(8-12-20)27(35)32-16-25(34)31-21-3-1-2-4-22(21)32/h1-12,15H,13-14,16H2,(H,30,33)(H,31,34). The Morgan fingerprint density at radius 2 is 1.78 bits per heavy atom. The number of carbonyl (C=O) groups is 3. The van der Waals surface area contributed by atoms with Crippen molar-refractivity contribution in [3.63, 3.8) is 0 Å². The number of rotatable bonds is 6. The fourth-order valence-electron chi connectivity index (χ4n) is 3.88. The molecule has 3 aromatic carbocycles. The molecule has 1 aliphatic rings. The van der Waals surface area contributed by atoms with E-state index in [1.165, 1.54) is 17.0 Å². The predicted molar refractivity (Wildman–Crippen MR) is 132 cm³/mol. The highest BCUT2D eigenvalue weighted by atomic mass is 19.1. The van der Waals surface area contributed by atoms with Gasteiger partial charge in [0.25, 0.3) is 5.91 Å². The molecule has 9 heteroatoms.